The predicted molar refractivity (Wildman–Crippen MR) is 70.8 cm³/mol. The van der Waals surface area contributed by atoms with Crippen LogP contribution >= 0.6 is 0 Å². The Labute approximate surface area is 106 Å². The minimum absolute atomic E-state index is 0.221. The molecule has 1 aliphatic rings. The van der Waals surface area contributed by atoms with Gasteiger partial charge in [0.15, 0.2) is 0 Å². The van der Waals surface area contributed by atoms with Crippen LogP contribution < -0.4 is 5.73 Å². The van der Waals surface area contributed by atoms with Crippen molar-refractivity contribution < 1.29 is 9.84 Å². The molecule has 0 aromatic carbocycles. The first-order valence-corrected chi connectivity index (χ1v) is 6.97. The molecule has 3 N–H and O–H groups in total. The van der Waals surface area contributed by atoms with Crippen LogP contribution in [0.2, 0.25) is 0 Å². The van der Waals surface area contributed by atoms with Gasteiger partial charge in [0.2, 0.25) is 0 Å². The number of rotatable bonds is 6. The van der Waals surface area contributed by atoms with Gasteiger partial charge in [-0.15, -0.1) is 0 Å². The van der Waals surface area contributed by atoms with Gasteiger partial charge in [0, 0.05) is 6.61 Å². The van der Waals surface area contributed by atoms with Crippen molar-refractivity contribution in [2.75, 3.05) is 19.8 Å². The van der Waals surface area contributed by atoms with Crippen molar-refractivity contribution in [3.8, 4) is 0 Å². The zero-order valence-corrected chi connectivity index (χ0v) is 11.6. The van der Waals surface area contributed by atoms with Crippen molar-refractivity contribution in [3.05, 3.63) is 0 Å². The van der Waals surface area contributed by atoms with Gasteiger partial charge >= 0.3 is 0 Å². The number of nitrogens with two attached hydrogens (primary N) is 1. The van der Waals surface area contributed by atoms with Crippen molar-refractivity contribution in [1.82, 2.24) is 0 Å². The lowest BCUT2D eigenvalue weighted by Crippen LogP contribution is -2.38. The van der Waals surface area contributed by atoms with E-state index in [4.69, 9.17) is 10.5 Å². The van der Waals surface area contributed by atoms with Gasteiger partial charge in [0.25, 0.3) is 0 Å². The molecular weight excluding hydrogens is 214 g/mol. The molecule has 1 rings (SSSR count). The summed E-state index contributed by atoms with van der Waals surface area (Å²) in [6, 6.07) is 0. The van der Waals surface area contributed by atoms with Gasteiger partial charge in [-0.1, -0.05) is 26.7 Å². The molecule has 1 aliphatic carbocycles. The fourth-order valence-electron chi connectivity index (χ4n) is 2.40. The zero-order chi connectivity index (χ0) is 12.9. The van der Waals surface area contributed by atoms with Gasteiger partial charge in [-0.05, 0) is 44.1 Å². The summed E-state index contributed by atoms with van der Waals surface area (Å²) < 4.78 is 5.73. The molecule has 0 heterocycles. The largest absolute Gasteiger partial charge is 0.388 e. The van der Waals surface area contributed by atoms with Crippen LogP contribution in [0.4, 0.5) is 0 Å². The maximum absolute atomic E-state index is 10.1. The zero-order valence-electron chi connectivity index (χ0n) is 11.6. The Morgan fingerprint density at radius 2 is 1.88 bits per heavy atom. The molecule has 3 nitrogen and oxygen atoms in total. The number of hydrogen-bond donors (Lipinski definition) is 2. The Kier molecular flexibility index (Phi) is 5.90. The molecule has 0 spiro atoms. The number of ether oxygens (including phenoxy) is 1. The third-order valence-corrected chi connectivity index (χ3v) is 4.34. The molecule has 3 heteroatoms. The minimum Gasteiger partial charge on any atom is -0.388 e. The Morgan fingerprint density at radius 3 is 2.41 bits per heavy atom. The average molecular weight is 243 g/mol. The second kappa shape index (κ2) is 6.72. The summed E-state index contributed by atoms with van der Waals surface area (Å²) in [7, 11) is 0. The first kappa shape index (κ1) is 14.9. The molecule has 0 aromatic rings. The molecule has 0 aliphatic heterocycles. The molecule has 0 amide bonds. The number of hydrogen-bond acceptors (Lipinski definition) is 3. The molecule has 0 saturated heterocycles. The van der Waals surface area contributed by atoms with Crippen molar-refractivity contribution in [1.29, 1.82) is 0 Å². The molecule has 17 heavy (non-hydrogen) atoms. The van der Waals surface area contributed by atoms with E-state index < -0.39 is 5.60 Å². The van der Waals surface area contributed by atoms with Crippen LogP contribution in [-0.2, 0) is 4.74 Å². The van der Waals surface area contributed by atoms with E-state index >= 15 is 0 Å². The van der Waals surface area contributed by atoms with E-state index in [1.165, 1.54) is 25.7 Å². The van der Waals surface area contributed by atoms with Gasteiger partial charge in [-0.3, -0.25) is 0 Å². The van der Waals surface area contributed by atoms with Crippen LogP contribution in [0, 0.1) is 17.8 Å². The monoisotopic (exact) mass is 243 g/mol. The molecule has 0 radical (unpaired) electrons. The fraction of sp³-hybridized carbons (Fsp3) is 1.00. The van der Waals surface area contributed by atoms with Crippen LogP contribution in [0.3, 0.4) is 0 Å². The lowest BCUT2D eigenvalue weighted by Gasteiger charge is -2.32. The molecule has 0 aromatic heterocycles. The molecular formula is C14H29NO2. The molecule has 1 saturated carbocycles. The summed E-state index contributed by atoms with van der Waals surface area (Å²) >= 11 is 0. The lowest BCUT2D eigenvalue weighted by atomic mass is 9.80. The van der Waals surface area contributed by atoms with E-state index in [-0.39, 0.29) is 5.92 Å². The SMILES string of the molecule is CC(C)C(C)(O)COCC1CCCCC1CN. The Morgan fingerprint density at radius 1 is 1.29 bits per heavy atom. The first-order valence-electron chi connectivity index (χ1n) is 6.97. The highest BCUT2D eigenvalue weighted by Gasteiger charge is 2.28. The summed E-state index contributed by atoms with van der Waals surface area (Å²) in [5.74, 6) is 1.43. The van der Waals surface area contributed by atoms with Crippen LogP contribution in [0.1, 0.15) is 46.5 Å². The fourth-order valence-corrected chi connectivity index (χ4v) is 2.40. The second-order valence-electron chi connectivity index (χ2n) is 6.07. The molecule has 3 unspecified atom stereocenters. The van der Waals surface area contributed by atoms with E-state index in [1.54, 1.807) is 0 Å². The van der Waals surface area contributed by atoms with Gasteiger partial charge in [0.05, 0.1) is 12.2 Å². The van der Waals surface area contributed by atoms with E-state index in [0.29, 0.717) is 18.4 Å². The Balaban J connectivity index is 2.29. The van der Waals surface area contributed by atoms with Crippen molar-refractivity contribution in [2.24, 2.45) is 23.5 Å². The van der Waals surface area contributed by atoms with E-state index in [9.17, 15) is 5.11 Å². The first-order chi connectivity index (χ1) is 7.97. The Hall–Kier alpha value is -0.120. The van der Waals surface area contributed by atoms with Crippen molar-refractivity contribution in [3.63, 3.8) is 0 Å². The second-order valence-corrected chi connectivity index (χ2v) is 6.07. The average Bonchev–Trinajstić information content (AvgIpc) is 2.29. The molecule has 102 valence electrons. The predicted octanol–water partition coefficient (Wildman–Crippen LogP) is 2.18. The number of aliphatic hydroxyl groups is 1. The van der Waals surface area contributed by atoms with Crippen LogP contribution in [-0.4, -0.2) is 30.5 Å². The standard InChI is InChI=1S/C14H29NO2/c1-11(2)14(3,16)10-17-9-13-7-5-4-6-12(13)8-15/h11-13,16H,4-10,15H2,1-3H3. The highest BCUT2D eigenvalue weighted by molar-refractivity contribution is 4.78. The van der Waals surface area contributed by atoms with Gasteiger partial charge < -0.3 is 15.6 Å². The summed E-state index contributed by atoms with van der Waals surface area (Å²) in [4.78, 5) is 0. The summed E-state index contributed by atoms with van der Waals surface area (Å²) in [5, 5.41) is 10.1. The highest BCUT2D eigenvalue weighted by Crippen LogP contribution is 2.29. The van der Waals surface area contributed by atoms with E-state index in [2.05, 4.69) is 0 Å². The summed E-state index contributed by atoms with van der Waals surface area (Å²) in [6.07, 6.45) is 5.07. The van der Waals surface area contributed by atoms with Crippen LogP contribution in [0.25, 0.3) is 0 Å². The smallest absolute Gasteiger partial charge is 0.0874 e. The van der Waals surface area contributed by atoms with Crippen molar-refractivity contribution >= 4 is 0 Å². The normalized spacial score (nSPS) is 29.3. The van der Waals surface area contributed by atoms with Crippen molar-refractivity contribution in [2.45, 2.75) is 52.1 Å². The highest BCUT2D eigenvalue weighted by atomic mass is 16.5. The van der Waals surface area contributed by atoms with E-state index in [1.807, 2.05) is 20.8 Å². The van der Waals surface area contributed by atoms with Gasteiger partial charge in [-0.2, -0.15) is 0 Å². The maximum Gasteiger partial charge on any atom is 0.0874 e. The Bertz CT molecular complexity index is 216. The topological polar surface area (TPSA) is 55.5 Å². The van der Waals surface area contributed by atoms with Gasteiger partial charge in [0.1, 0.15) is 0 Å². The lowest BCUT2D eigenvalue weighted by molar-refractivity contribution is -0.0750. The molecule has 1 fully saturated rings. The minimum atomic E-state index is -0.715. The maximum atomic E-state index is 10.1. The van der Waals surface area contributed by atoms with E-state index in [0.717, 1.165) is 13.2 Å². The third kappa shape index (κ3) is 4.57. The summed E-state index contributed by atoms with van der Waals surface area (Å²) in [6.45, 7) is 7.84. The van der Waals surface area contributed by atoms with Crippen LogP contribution in [0.15, 0.2) is 0 Å². The molecule has 3 atom stereocenters. The molecule has 0 bridgehead atoms. The third-order valence-electron chi connectivity index (χ3n) is 4.34. The quantitative estimate of drug-likeness (QED) is 0.752. The van der Waals surface area contributed by atoms with Gasteiger partial charge in [-0.25, -0.2) is 0 Å². The summed E-state index contributed by atoms with van der Waals surface area (Å²) in [5.41, 5.74) is 5.08. The van der Waals surface area contributed by atoms with Crippen LogP contribution in [0.5, 0.6) is 0 Å².